The van der Waals surface area contributed by atoms with Gasteiger partial charge in [0.15, 0.2) is 0 Å². The Morgan fingerprint density at radius 1 is 0.405 bits per heavy atom. The van der Waals surface area contributed by atoms with Gasteiger partial charge in [-0.15, -0.1) is 0 Å². The zero-order valence-electron chi connectivity index (χ0n) is 23.4. The Hall–Kier alpha value is -2.92. The van der Waals surface area contributed by atoms with Gasteiger partial charge < -0.3 is 37.9 Å². The second kappa shape index (κ2) is 18.3. The van der Waals surface area contributed by atoms with Gasteiger partial charge in [0.05, 0.1) is 26.4 Å². The monoisotopic (exact) mass is 536 g/mol. The maximum absolute atomic E-state index is 12.1. The van der Waals surface area contributed by atoms with E-state index in [-0.39, 0.29) is 50.1 Å². The molecular formula is C25H44O12. The molecule has 0 rings (SSSR count). The van der Waals surface area contributed by atoms with Gasteiger partial charge in [0.1, 0.15) is 31.8 Å². The van der Waals surface area contributed by atoms with Crippen molar-refractivity contribution in [2.75, 3.05) is 52.9 Å². The van der Waals surface area contributed by atoms with E-state index in [1.165, 1.54) is 0 Å². The summed E-state index contributed by atoms with van der Waals surface area (Å²) in [6, 6.07) is 0. The minimum absolute atomic E-state index is 0.0643. The number of rotatable bonds is 16. The van der Waals surface area contributed by atoms with Gasteiger partial charge in [-0.1, -0.05) is 55.4 Å². The van der Waals surface area contributed by atoms with E-state index in [9.17, 15) is 19.2 Å². The summed E-state index contributed by atoms with van der Waals surface area (Å²) in [7, 11) is 0. The van der Waals surface area contributed by atoms with Crippen LogP contribution >= 0.6 is 0 Å². The molecule has 0 fully saturated rings. The van der Waals surface area contributed by atoms with Gasteiger partial charge in [-0.05, 0) is 23.7 Å². The standard InChI is InChI=1S/C25H44O12/c1-17(2)9-30-21(26)34-13-25(14-35-22(27)31-10-18(3)4,15-36-23(28)32-11-19(5)6)16-37-24(29)33-12-20(7)8/h17-20H,9-16H2,1-8H3. The third-order valence-electron chi connectivity index (χ3n) is 4.12. The molecule has 0 spiro atoms. The van der Waals surface area contributed by atoms with Crippen molar-refractivity contribution in [2.45, 2.75) is 55.4 Å². The SMILES string of the molecule is CC(C)COC(=O)OCC(COC(=O)OCC(C)C)(COC(=O)OCC(C)C)COC(=O)OCC(C)C. The predicted molar refractivity (Wildman–Crippen MR) is 131 cm³/mol. The van der Waals surface area contributed by atoms with Crippen LogP contribution in [0.5, 0.6) is 0 Å². The van der Waals surface area contributed by atoms with Gasteiger partial charge in [-0.3, -0.25) is 0 Å². The Morgan fingerprint density at radius 3 is 0.757 bits per heavy atom. The first-order valence-electron chi connectivity index (χ1n) is 12.4. The van der Waals surface area contributed by atoms with Crippen molar-refractivity contribution >= 4 is 24.6 Å². The van der Waals surface area contributed by atoms with E-state index >= 15 is 0 Å². The van der Waals surface area contributed by atoms with E-state index in [1.54, 1.807) is 0 Å². The second-order valence-electron chi connectivity index (χ2n) is 10.5. The summed E-state index contributed by atoms with van der Waals surface area (Å²) in [6.07, 6.45) is -3.98. The molecule has 0 aliphatic rings. The molecule has 0 aromatic heterocycles. The highest BCUT2D eigenvalue weighted by molar-refractivity contribution is 5.61. The number of hydrogen-bond acceptors (Lipinski definition) is 12. The summed E-state index contributed by atoms with van der Waals surface area (Å²) in [5.74, 6) is 0.257. The van der Waals surface area contributed by atoms with Crippen LogP contribution in [-0.2, 0) is 37.9 Å². The quantitative estimate of drug-likeness (QED) is 0.189. The van der Waals surface area contributed by atoms with Gasteiger partial charge in [0.25, 0.3) is 0 Å². The number of hydrogen-bond donors (Lipinski definition) is 0. The molecule has 12 heteroatoms. The minimum atomic E-state index is -1.51. The molecule has 0 unspecified atom stereocenters. The van der Waals surface area contributed by atoms with E-state index in [2.05, 4.69) is 0 Å². The molecule has 0 atom stereocenters. The lowest BCUT2D eigenvalue weighted by Gasteiger charge is -2.31. The van der Waals surface area contributed by atoms with Gasteiger partial charge in [0.2, 0.25) is 0 Å². The first kappa shape index (κ1) is 34.1. The van der Waals surface area contributed by atoms with Crippen molar-refractivity contribution in [3.63, 3.8) is 0 Å². The average molecular weight is 537 g/mol. The zero-order valence-corrected chi connectivity index (χ0v) is 23.4. The first-order valence-corrected chi connectivity index (χ1v) is 12.4. The third-order valence-corrected chi connectivity index (χ3v) is 4.12. The lowest BCUT2D eigenvalue weighted by Crippen LogP contribution is -2.44. The molecule has 0 aliphatic carbocycles. The molecule has 37 heavy (non-hydrogen) atoms. The first-order chi connectivity index (χ1) is 17.2. The van der Waals surface area contributed by atoms with Gasteiger partial charge in [0, 0.05) is 0 Å². The van der Waals surface area contributed by atoms with Crippen LogP contribution in [0.15, 0.2) is 0 Å². The smallest absolute Gasteiger partial charge is 0.434 e. The van der Waals surface area contributed by atoms with Crippen LogP contribution in [0.4, 0.5) is 19.2 Å². The molecule has 216 valence electrons. The van der Waals surface area contributed by atoms with Crippen LogP contribution in [0.2, 0.25) is 0 Å². The normalized spacial score (nSPS) is 11.4. The Balaban J connectivity index is 5.59. The summed E-state index contributed by atoms with van der Waals surface area (Å²) in [6.45, 7) is 13.3. The van der Waals surface area contributed by atoms with Crippen molar-refractivity contribution in [3.05, 3.63) is 0 Å². The summed E-state index contributed by atoms with van der Waals surface area (Å²) < 4.78 is 40.8. The Labute approximate surface area is 219 Å². The molecule has 0 amide bonds. The van der Waals surface area contributed by atoms with Crippen molar-refractivity contribution in [3.8, 4) is 0 Å². The highest BCUT2D eigenvalue weighted by Crippen LogP contribution is 2.23. The molecular weight excluding hydrogens is 492 g/mol. The number of ether oxygens (including phenoxy) is 8. The molecule has 0 aliphatic heterocycles. The van der Waals surface area contributed by atoms with Crippen molar-refractivity contribution in [1.29, 1.82) is 0 Å². The molecule has 0 aromatic carbocycles. The lowest BCUT2D eigenvalue weighted by atomic mass is 9.92. The summed E-state index contributed by atoms with van der Waals surface area (Å²) >= 11 is 0. The van der Waals surface area contributed by atoms with Crippen LogP contribution in [0.25, 0.3) is 0 Å². The van der Waals surface area contributed by atoms with Crippen LogP contribution in [-0.4, -0.2) is 77.5 Å². The summed E-state index contributed by atoms with van der Waals surface area (Å²) in [5.41, 5.74) is -1.51. The Morgan fingerprint density at radius 2 is 0.595 bits per heavy atom. The maximum atomic E-state index is 12.1. The molecule has 0 aromatic rings. The van der Waals surface area contributed by atoms with E-state index in [1.807, 2.05) is 55.4 Å². The lowest BCUT2D eigenvalue weighted by molar-refractivity contribution is -0.0846. The minimum Gasteiger partial charge on any atom is -0.434 e. The zero-order chi connectivity index (χ0) is 28.4. The Kier molecular flexibility index (Phi) is 16.9. The molecule has 0 bridgehead atoms. The van der Waals surface area contributed by atoms with E-state index < -0.39 is 56.5 Å². The van der Waals surface area contributed by atoms with E-state index in [4.69, 9.17) is 37.9 Å². The maximum Gasteiger partial charge on any atom is 0.508 e. The number of carbonyl (C=O) groups excluding carboxylic acids is 4. The second-order valence-corrected chi connectivity index (χ2v) is 10.5. The fraction of sp³-hybridized carbons (Fsp3) is 0.840. The molecule has 0 N–H and O–H groups in total. The van der Waals surface area contributed by atoms with Gasteiger partial charge in [-0.2, -0.15) is 0 Å². The van der Waals surface area contributed by atoms with Crippen molar-refractivity contribution in [2.24, 2.45) is 29.1 Å². The van der Waals surface area contributed by atoms with Crippen LogP contribution < -0.4 is 0 Å². The fourth-order valence-electron chi connectivity index (χ4n) is 2.20. The predicted octanol–water partition coefficient (Wildman–Crippen LogP) is 5.21. The molecule has 0 heterocycles. The van der Waals surface area contributed by atoms with Crippen molar-refractivity contribution < 1.29 is 57.1 Å². The molecule has 0 saturated heterocycles. The number of carbonyl (C=O) groups is 4. The van der Waals surface area contributed by atoms with Crippen LogP contribution in [0, 0.1) is 29.1 Å². The molecule has 12 nitrogen and oxygen atoms in total. The molecule has 0 saturated carbocycles. The average Bonchev–Trinajstić information content (AvgIpc) is 2.82. The highest BCUT2D eigenvalue weighted by atomic mass is 16.8. The summed E-state index contributed by atoms with van der Waals surface area (Å²) in [5, 5.41) is 0. The molecule has 0 radical (unpaired) electrons. The van der Waals surface area contributed by atoms with Gasteiger partial charge >= 0.3 is 24.6 Å². The fourth-order valence-corrected chi connectivity index (χ4v) is 2.20. The third kappa shape index (κ3) is 18.9. The highest BCUT2D eigenvalue weighted by Gasteiger charge is 2.39. The largest absolute Gasteiger partial charge is 0.508 e. The van der Waals surface area contributed by atoms with Crippen molar-refractivity contribution in [1.82, 2.24) is 0 Å². The van der Waals surface area contributed by atoms with E-state index in [0.717, 1.165) is 0 Å². The van der Waals surface area contributed by atoms with Gasteiger partial charge in [-0.25, -0.2) is 19.2 Å². The van der Waals surface area contributed by atoms with Crippen LogP contribution in [0.1, 0.15) is 55.4 Å². The van der Waals surface area contributed by atoms with E-state index in [0.29, 0.717) is 0 Å². The topological polar surface area (TPSA) is 142 Å². The Bertz CT molecular complexity index is 570. The van der Waals surface area contributed by atoms with Crippen LogP contribution in [0.3, 0.4) is 0 Å². The summed E-state index contributed by atoms with van der Waals surface area (Å²) in [4.78, 5) is 48.4.